The molecule has 0 aromatic heterocycles. The summed E-state index contributed by atoms with van der Waals surface area (Å²) in [6, 6.07) is 0. The number of rotatable bonds is 2. The van der Waals surface area contributed by atoms with Gasteiger partial charge >= 0.3 is 6.09 Å². The Bertz CT molecular complexity index is 426. The van der Waals surface area contributed by atoms with Crippen molar-refractivity contribution in [3.63, 3.8) is 0 Å². The summed E-state index contributed by atoms with van der Waals surface area (Å²) in [5.74, 6) is -0.0454. The molecule has 1 rings (SSSR count). The lowest BCUT2D eigenvalue weighted by atomic mass is 9.97. The van der Waals surface area contributed by atoms with Crippen LogP contribution in [0.5, 0.6) is 0 Å². The van der Waals surface area contributed by atoms with Gasteiger partial charge in [-0.3, -0.25) is 4.18 Å². The van der Waals surface area contributed by atoms with Crippen molar-refractivity contribution in [1.82, 2.24) is 4.90 Å². The molecule has 1 fully saturated rings. The summed E-state index contributed by atoms with van der Waals surface area (Å²) in [6.45, 7) is 8.19. The highest BCUT2D eigenvalue weighted by Crippen LogP contribution is 2.22. The number of hydrogen-bond donors (Lipinski definition) is 0. The average molecular weight is 293 g/mol. The molecule has 7 heteroatoms. The van der Waals surface area contributed by atoms with Gasteiger partial charge in [0.1, 0.15) is 5.60 Å². The Morgan fingerprint density at radius 2 is 1.89 bits per heavy atom. The van der Waals surface area contributed by atoms with Gasteiger partial charge in [0.2, 0.25) is 0 Å². The first-order chi connectivity index (χ1) is 8.48. The quantitative estimate of drug-likeness (QED) is 0.723. The third kappa shape index (κ3) is 5.78. The van der Waals surface area contributed by atoms with E-state index in [-0.39, 0.29) is 18.1 Å². The number of carbonyl (C=O) groups is 1. The van der Waals surface area contributed by atoms with E-state index in [9.17, 15) is 13.2 Å². The molecule has 0 saturated carbocycles. The monoisotopic (exact) mass is 293 g/mol. The Morgan fingerprint density at radius 3 is 2.32 bits per heavy atom. The summed E-state index contributed by atoms with van der Waals surface area (Å²) < 4.78 is 32.5. The van der Waals surface area contributed by atoms with Crippen LogP contribution in [0.2, 0.25) is 0 Å². The summed E-state index contributed by atoms with van der Waals surface area (Å²) in [5, 5.41) is 0. The fourth-order valence-electron chi connectivity index (χ4n) is 1.98. The average Bonchev–Trinajstić information content (AvgIpc) is 2.16. The Morgan fingerprint density at radius 1 is 1.32 bits per heavy atom. The highest BCUT2D eigenvalue weighted by atomic mass is 32.2. The number of carbonyl (C=O) groups excluding carboxylic acids is 1. The molecule has 1 heterocycles. The number of amides is 1. The summed E-state index contributed by atoms with van der Waals surface area (Å²) >= 11 is 0. The minimum absolute atomic E-state index is 0.0454. The molecule has 1 aliphatic rings. The molecule has 6 nitrogen and oxygen atoms in total. The first-order valence-corrected chi connectivity index (χ1v) is 8.16. The fourth-order valence-corrected chi connectivity index (χ4v) is 2.72. The Balaban J connectivity index is 2.56. The molecule has 0 N–H and O–H groups in total. The lowest BCUT2D eigenvalue weighted by Crippen LogP contribution is -2.47. The highest BCUT2D eigenvalue weighted by Gasteiger charge is 2.33. The van der Waals surface area contributed by atoms with Crippen molar-refractivity contribution >= 4 is 16.2 Å². The molecular weight excluding hydrogens is 270 g/mol. The number of nitrogens with zero attached hydrogens (tertiary/aromatic N) is 1. The van der Waals surface area contributed by atoms with E-state index in [0.29, 0.717) is 19.5 Å². The second kappa shape index (κ2) is 5.66. The van der Waals surface area contributed by atoms with Gasteiger partial charge in [-0.2, -0.15) is 8.42 Å². The lowest BCUT2D eigenvalue weighted by Gasteiger charge is -2.36. The molecule has 0 radical (unpaired) electrons. The van der Waals surface area contributed by atoms with Crippen LogP contribution in [0.25, 0.3) is 0 Å². The third-order valence-corrected chi connectivity index (χ3v) is 3.37. The van der Waals surface area contributed by atoms with Gasteiger partial charge in [0.25, 0.3) is 10.1 Å². The summed E-state index contributed by atoms with van der Waals surface area (Å²) in [7, 11) is -3.46. The zero-order valence-electron chi connectivity index (χ0n) is 12.2. The van der Waals surface area contributed by atoms with Gasteiger partial charge in [-0.25, -0.2) is 4.79 Å². The van der Waals surface area contributed by atoms with E-state index in [0.717, 1.165) is 6.26 Å². The zero-order valence-corrected chi connectivity index (χ0v) is 13.0. The summed E-state index contributed by atoms with van der Waals surface area (Å²) in [6.07, 6.45) is 0.804. The molecule has 0 aromatic rings. The van der Waals surface area contributed by atoms with Crippen LogP contribution in [0.4, 0.5) is 4.79 Å². The van der Waals surface area contributed by atoms with E-state index in [1.54, 1.807) is 4.90 Å². The van der Waals surface area contributed by atoms with E-state index in [4.69, 9.17) is 8.92 Å². The Labute approximate surface area is 115 Å². The first-order valence-electron chi connectivity index (χ1n) is 6.34. The fraction of sp³-hybridized carbons (Fsp3) is 0.917. The maximum atomic E-state index is 11.9. The van der Waals surface area contributed by atoms with Crippen LogP contribution in [-0.4, -0.2) is 50.5 Å². The first kappa shape index (κ1) is 16.2. The van der Waals surface area contributed by atoms with Crippen LogP contribution < -0.4 is 0 Å². The zero-order chi connectivity index (χ0) is 14.8. The van der Waals surface area contributed by atoms with Gasteiger partial charge in [0.15, 0.2) is 0 Å². The standard InChI is InChI=1S/C12H23NO5S/c1-9-8-13(11(14)17-12(2,3)4)7-6-10(9)18-19(5,15)16/h9-10H,6-8H2,1-5H3. The minimum Gasteiger partial charge on any atom is -0.444 e. The van der Waals surface area contributed by atoms with Gasteiger partial charge in [-0.05, 0) is 27.2 Å². The molecule has 1 saturated heterocycles. The predicted octanol–water partition coefficient (Wildman–Crippen LogP) is 1.61. The molecule has 1 aliphatic heterocycles. The van der Waals surface area contributed by atoms with Crippen molar-refractivity contribution in [2.75, 3.05) is 19.3 Å². The maximum absolute atomic E-state index is 11.9. The number of hydrogen-bond acceptors (Lipinski definition) is 5. The van der Waals surface area contributed by atoms with E-state index < -0.39 is 15.7 Å². The molecular formula is C12H23NO5S. The van der Waals surface area contributed by atoms with Crippen LogP contribution in [0, 0.1) is 5.92 Å². The van der Waals surface area contributed by atoms with Gasteiger partial charge < -0.3 is 9.64 Å². The maximum Gasteiger partial charge on any atom is 0.410 e. The topological polar surface area (TPSA) is 72.9 Å². The van der Waals surface area contributed by atoms with Crippen molar-refractivity contribution in [1.29, 1.82) is 0 Å². The van der Waals surface area contributed by atoms with Crippen molar-refractivity contribution in [2.45, 2.75) is 45.8 Å². The van der Waals surface area contributed by atoms with Crippen LogP contribution >= 0.6 is 0 Å². The molecule has 112 valence electrons. The van der Waals surface area contributed by atoms with Gasteiger partial charge in [0, 0.05) is 19.0 Å². The molecule has 0 spiro atoms. The minimum atomic E-state index is -3.46. The normalized spacial score (nSPS) is 25.2. The summed E-state index contributed by atoms with van der Waals surface area (Å²) in [4.78, 5) is 13.5. The molecule has 1 amide bonds. The SMILES string of the molecule is CC1CN(C(=O)OC(C)(C)C)CCC1OS(C)(=O)=O. The van der Waals surface area contributed by atoms with Crippen LogP contribution in [0.15, 0.2) is 0 Å². The number of piperidine rings is 1. The predicted molar refractivity (Wildman–Crippen MR) is 71.3 cm³/mol. The molecule has 19 heavy (non-hydrogen) atoms. The van der Waals surface area contributed by atoms with Crippen molar-refractivity contribution in [2.24, 2.45) is 5.92 Å². The molecule has 0 aromatic carbocycles. The van der Waals surface area contributed by atoms with Gasteiger partial charge in [-0.15, -0.1) is 0 Å². The molecule has 2 atom stereocenters. The molecule has 0 bridgehead atoms. The highest BCUT2D eigenvalue weighted by molar-refractivity contribution is 7.86. The van der Waals surface area contributed by atoms with E-state index in [1.165, 1.54) is 0 Å². The number of ether oxygens (including phenoxy) is 1. The summed E-state index contributed by atoms with van der Waals surface area (Å²) in [5.41, 5.74) is -0.527. The second-order valence-electron chi connectivity index (χ2n) is 6.03. The van der Waals surface area contributed by atoms with Gasteiger partial charge in [-0.1, -0.05) is 6.92 Å². The lowest BCUT2D eigenvalue weighted by molar-refractivity contribution is 0.00174. The second-order valence-corrected chi connectivity index (χ2v) is 7.63. The van der Waals surface area contributed by atoms with Crippen molar-refractivity contribution in [3.8, 4) is 0 Å². The van der Waals surface area contributed by atoms with E-state index >= 15 is 0 Å². The van der Waals surface area contributed by atoms with Crippen LogP contribution in [0.3, 0.4) is 0 Å². The smallest absolute Gasteiger partial charge is 0.410 e. The molecule has 2 unspecified atom stereocenters. The van der Waals surface area contributed by atoms with Crippen LogP contribution in [-0.2, 0) is 19.0 Å². The Kier molecular flexibility index (Phi) is 4.84. The van der Waals surface area contributed by atoms with Crippen LogP contribution in [0.1, 0.15) is 34.1 Å². The third-order valence-electron chi connectivity index (χ3n) is 2.78. The van der Waals surface area contributed by atoms with E-state index in [1.807, 2.05) is 27.7 Å². The van der Waals surface area contributed by atoms with Gasteiger partial charge in [0.05, 0.1) is 12.4 Å². The van der Waals surface area contributed by atoms with E-state index in [2.05, 4.69) is 0 Å². The van der Waals surface area contributed by atoms with Crippen molar-refractivity contribution < 1.29 is 22.1 Å². The Hall–Kier alpha value is -0.820. The van der Waals surface area contributed by atoms with Crippen molar-refractivity contribution in [3.05, 3.63) is 0 Å². The number of likely N-dealkylation sites (tertiary alicyclic amines) is 1. The molecule has 0 aliphatic carbocycles. The largest absolute Gasteiger partial charge is 0.444 e.